The summed E-state index contributed by atoms with van der Waals surface area (Å²) in [5, 5.41) is 5.02. The Bertz CT molecular complexity index is 501. The molecule has 1 fully saturated rings. The van der Waals surface area contributed by atoms with Crippen molar-refractivity contribution in [2.24, 2.45) is 0 Å². The molecule has 6 heteroatoms. The molecule has 2 amide bonds. The van der Waals surface area contributed by atoms with E-state index in [1.165, 1.54) is 10.4 Å². The van der Waals surface area contributed by atoms with E-state index in [-0.39, 0.29) is 11.8 Å². The largest absolute Gasteiger partial charge is 0.350 e. The molecular formula is C15H23N3O2S. The minimum Gasteiger partial charge on any atom is -0.350 e. The lowest BCUT2D eigenvalue weighted by molar-refractivity contribution is -0.128. The summed E-state index contributed by atoms with van der Waals surface area (Å²) >= 11 is 1.67. The number of rotatable bonds is 4. The van der Waals surface area contributed by atoms with Gasteiger partial charge in [0, 0.05) is 38.0 Å². The molecule has 0 spiro atoms. The molecule has 0 aliphatic carbocycles. The number of carbonyl (C=O) groups is 2. The maximum absolute atomic E-state index is 12.0. The van der Waals surface area contributed by atoms with Crippen molar-refractivity contribution in [2.45, 2.75) is 26.8 Å². The van der Waals surface area contributed by atoms with Crippen LogP contribution >= 0.6 is 11.3 Å². The monoisotopic (exact) mass is 309 g/mol. The Morgan fingerprint density at radius 2 is 2.10 bits per heavy atom. The zero-order chi connectivity index (χ0) is 15.2. The van der Waals surface area contributed by atoms with Crippen LogP contribution in [0.2, 0.25) is 0 Å². The molecule has 0 unspecified atom stereocenters. The minimum absolute atomic E-state index is 0.0547. The van der Waals surface area contributed by atoms with E-state index >= 15 is 0 Å². The van der Waals surface area contributed by atoms with E-state index in [4.69, 9.17) is 0 Å². The molecular weight excluding hydrogens is 286 g/mol. The Labute approximate surface area is 129 Å². The predicted octanol–water partition coefficient (Wildman–Crippen LogP) is 1.23. The Morgan fingerprint density at radius 3 is 2.76 bits per heavy atom. The van der Waals surface area contributed by atoms with E-state index < -0.39 is 0 Å². The highest BCUT2D eigenvalue weighted by Crippen LogP contribution is 2.14. The summed E-state index contributed by atoms with van der Waals surface area (Å²) in [4.78, 5) is 28.6. The van der Waals surface area contributed by atoms with Gasteiger partial charge in [-0.2, -0.15) is 0 Å². The third-order valence-electron chi connectivity index (χ3n) is 3.82. The summed E-state index contributed by atoms with van der Waals surface area (Å²) in [7, 11) is 0. The molecule has 1 saturated heterocycles. The van der Waals surface area contributed by atoms with Crippen molar-refractivity contribution in [1.29, 1.82) is 0 Å². The van der Waals surface area contributed by atoms with Crippen LogP contribution in [-0.4, -0.2) is 54.3 Å². The summed E-state index contributed by atoms with van der Waals surface area (Å²) < 4.78 is 0. The normalized spacial score (nSPS) is 16.6. The van der Waals surface area contributed by atoms with E-state index in [0.29, 0.717) is 19.6 Å². The van der Waals surface area contributed by atoms with Gasteiger partial charge >= 0.3 is 0 Å². The number of aryl methyl sites for hydroxylation is 1. The smallest absolute Gasteiger partial charge is 0.234 e. The van der Waals surface area contributed by atoms with Crippen LogP contribution in [0.15, 0.2) is 11.4 Å². The highest BCUT2D eigenvalue weighted by molar-refractivity contribution is 7.10. The van der Waals surface area contributed by atoms with Gasteiger partial charge in [-0.3, -0.25) is 14.5 Å². The molecule has 116 valence electrons. The van der Waals surface area contributed by atoms with Crippen molar-refractivity contribution in [3.05, 3.63) is 21.9 Å². The Hall–Kier alpha value is -1.40. The molecule has 2 rings (SSSR count). The van der Waals surface area contributed by atoms with Crippen LogP contribution < -0.4 is 5.32 Å². The van der Waals surface area contributed by atoms with Crippen LogP contribution in [0.5, 0.6) is 0 Å². The topological polar surface area (TPSA) is 52.7 Å². The second-order valence-corrected chi connectivity index (χ2v) is 6.44. The van der Waals surface area contributed by atoms with Crippen LogP contribution in [0, 0.1) is 6.92 Å². The summed E-state index contributed by atoms with van der Waals surface area (Å²) in [6, 6.07) is 2.07. The zero-order valence-electron chi connectivity index (χ0n) is 12.7. The molecule has 1 N–H and O–H groups in total. The molecule has 0 aromatic carbocycles. The average molecular weight is 309 g/mol. The second kappa shape index (κ2) is 7.56. The number of carbonyl (C=O) groups excluding carboxylic acids is 2. The maximum Gasteiger partial charge on any atom is 0.234 e. The van der Waals surface area contributed by atoms with Crippen molar-refractivity contribution < 1.29 is 9.59 Å². The van der Waals surface area contributed by atoms with Gasteiger partial charge in [0.2, 0.25) is 11.8 Å². The minimum atomic E-state index is 0.0547. The predicted molar refractivity (Wildman–Crippen MR) is 84.2 cm³/mol. The second-order valence-electron chi connectivity index (χ2n) is 5.44. The van der Waals surface area contributed by atoms with Gasteiger partial charge in [0.15, 0.2) is 0 Å². The molecule has 1 aliphatic heterocycles. The SMILES string of the molecule is CC(=O)N1CCCN(CC(=O)NCc2sccc2C)CC1. The molecule has 1 aliphatic rings. The van der Waals surface area contributed by atoms with Gasteiger partial charge in [0.05, 0.1) is 13.1 Å². The van der Waals surface area contributed by atoms with Gasteiger partial charge in [-0.05, 0) is 30.4 Å². The molecule has 0 atom stereocenters. The quantitative estimate of drug-likeness (QED) is 0.910. The van der Waals surface area contributed by atoms with Crippen molar-refractivity contribution in [3.8, 4) is 0 Å². The third-order valence-corrected chi connectivity index (χ3v) is 4.84. The molecule has 0 saturated carbocycles. The Morgan fingerprint density at radius 1 is 1.29 bits per heavy atom. The fourth-order valence-corrected chi connectivity index (χ4v) is 3.31. The van der Waals surface area contributed by atoms with Gasteiger partial charge in [0.1, 0.15) is 0 Å². The number of nitrogens with zero attached hydrogens (tertiary/aromatic N) is 2. The highest BCUT2D eigenvalue weighted by Gasteiger charge is 2.18. The lowest BCUT2D eigenvalue weighted by Crippen LogP contribution is -2.39. The van der Waals surface area contributed by atoms with Gasteiger partial charge in [-0.15, -0.1) is 11.3 Å². The van der Waals surface area contributed by atoms with Crippen molar-refractivity contribution in [3.63, 3.8) is 0 Å². The Balaban J connectivity index is 1.75. The first-order valence-corrected chi connectivity index (χ1v) is 8.22. The van der Waals surface area contributed by atoms with E-state index in [2.05, 4.69) is 23.2 Å². The summed E-state index contributed by atoms with van der Waals surface area (Å²) in [5.41, 5.74) is 1.23. The van der Waals surface area contributed by atoms with Crippen LogP contribution in [0.4, 0.5) is 0 Å². The van der Waals surface area contributed by atoms with Crippen molar-refractivity contribution in [1.82, 2.24) is 15.1 Å². The summed E-state index contributed by atoms with van der Waals surface area (Å²) in [6.07, 6.45) is 0.927. The van der Waals surface area contributed by atoms with Crippen LogP contribution in [-0.2, 0) is 16.1 Å². The molecule has 1 aromatic rings. The molecule has 2 heterocycles. The molecule has 1 aromatic heterocycles. The standard InChI is InChI=1S/C15H23N3O2S/c1-12-4-9-21-14(12)10-16-15(20)11-17-5-3-6-18(8-7-17)13(2)19/h4,9H,3,5-8,10-11H2,1-2H3,(H,16,20). The van der Waals surface area contributed by atoms with Crippen molar-refractivity contribution >= 4 is 23.2 Å². The van der Waals surface area contributed by atoms with Crippen LogP contribution in [0.1, 0.15) is 23.8 Å². The first-order valence-electron chi connectivity index (χ1n) is 7.34. The zero-order valence-corrected chi connectivity index (χ0v) is 13.5. The molecule has 5 nitrogen and oxygen atoms in total. The average Bonchev–Trinajstić information content (AvgIpc) is 2.70. The summed E-state index contributed by atoms with van der Waals surface area (Å²) in [5.74, 6) is 0.175. The lowest BCUT2D eigenvalue weighted by atomic mass is 10.3. The van der Waals surface area contributed by atoms with Crippen molar-refractivity contribution in [2.75, 3.05) is 32.7 Å². The van der Waals surface area contributed by atoms with Crippen LogP contribution in [0.25, 0.3) is 0 Å². The molecule has 0 radical (unpaired) electrons. The highest BCUT2D eigenvalue weighted by atomic mass is 32.1. The first kappa shape index (κ1) is 16.0. The molecule has 21 heavy (non-hydrogen) atoms. The number of thiophene rings is 1. The lowest BCUT2D eigenvalue weighted by Gasteiger charge is -2.20. The van der Waals surface area contributed by atoms with Gasteiger partial charge in [-0.1, -0.05) is 0 Å². The van der Waals surface area contributed by atoms with Gasteiger partial charge in [0.25, 0.3) is 0 Å². The van der Waals surface area contributed by atoms with E-state index in [1.807, 2.05) is 10.3 Å². The maximum atomic E-state index is 12.0. The fraction of sp³-hybridized carbons (Fsp3) is 0.600. The van der Waals surface area contributed by atoms with Crippen LogP contribution in [0.3, 0.4) is 0 Å². The summed E-state index contributed by atoms with van der Waals surface area (Å²) in [6.45, 7) is 7.83. The first-order chi connectivity index (χ1) is 10.1. The number of nitrogens with one attached hydrogen (secondary N) is 1. The third kappa shape index (κ3) is 4.82. The van der Waals surface area contributed by atoms with Gasteiger partial charge < -0.3 is 10.2 Å². The fourth-order valence-electron chi connectivity index (χ4n) is 2.47. The molecule has 0 bridgehead atoms. The van der Waals surface area contributed by atoms with E-state index in [9.17, 15) is 9.59 Å². The number of hydrogen-bond acceptors (Lipinski definition) is 4. The van der Waals surface area contributed by atoms with Gasteiger partial charge in [-0.25, -0.2) is 0 Å². The van der Waals surface area contributed by atoms with E-state index in [1.54, 1.807) is 18.3 Å². The Kier molecular flexibility index (Phi) is 5.76. The number of amides is 2. The number of hydrogen-bond donors (Lipinski definition) is 1. The van der Waals surface area contributed by atoms with E-state index in [0.717, 1.165) is 26.1 Å².